The molecule has 31 heavy (non-hydrogen) atoms. The van der Waals surface area contributed by atoms with E-state index in [1.54, 1.807) is 0 Å². The summed E-state index contributed by atoms with van der Waals surface area (Å²) in [4.78, 5) is 0. The quantitative estimate of drug-likeness (QED) is 0.195. The topological polar surface area (TPSA) is 34.1 Å². The second kappa shape index (κ2) is 10.8. The van der Waals surface area contributed by atoms with Gasteiger partial charge in [-0.25, -0.2) is 8.42 Å². The Morgan fingerprint density at radius 2 is 0.903 bits per heavy atom. The first-order valence-electron chi connectivity index (χ1n) is 9.07. The van der Waals surface area contributed by atoms with Crippen LogP contribution in [0.5, 0.6) is 0 Å². The minimum Gasteiger partial charge on any atom is -0.228 e. The Kier molecular flexibility index (Phi) is 10.8. The zero-order valence-corrected chi connectivity index (χ0v) is 18.6. The van der Waals surface area contributed by atoms with Crippen molar-refractivity contribution in [2.75, 3.05) is 0 Å². The lowest BCUT2D eigenvalue weighted by atomic mass is 10.1. The van der Waals surface area contributed by atoms with E-state index in [0.29, 0.717) is 0 Å². The summed E-state index contributed by atoms with van der Waals surface area (Å²) in [5.74, 6) is -10.9. The molecule has 2 nitrogen and oxygen atoms in total. The predicted molar refractivity (Wildman–Crippen MR) is 96.8 cm³/mol. The molecule has 0 saturated carbocycles. The van der Waals surface area contributed by atoms with Crippen LogP contribution in [-0.2, 0) is 9.84 Å². The number of hydrogen-bond acceptors (Lipinski definition) is 2. The highest BCUT2D eigenvalue weighted by Gasteiger charge is 2.64. The van der Waals surface area contributed by atoms with Gasteiger partial charge in [-0.05, 0) is 25.7 Å². The van der Waals surface area contributed by atoms with E-state index in [4.69, 9.17) is 23.2 Å². The standard InChI is InChI=1S/C16H22Cl2F10O2S/c1-3-5-9(7-11(17)13(19,20)15(23,24)25)31(29,30)10(6-4-2)8-12(18)14(21,22)16(26,27)28/h9-12H,3-8H2,1-2H3. The van der Waals surface area contributed by atoms with Gasteiger partial charge in [0.05, 0.1) is 10.5 Å². The maximum absolute atomic E-state index is 13.5. The molecule has 0 bridgehead atoms. The SMILES string of the molecule is CCCC(CC(Cl)C(F)(F)C(F)(F)F)S(=O)(=O)C(CCC)CC(Cl)C(F)(F)C(F)(F)F. The Hall–Kier alpha value is -0.170. The first-order valence-corrected chi connectivity index (χ1v) is 11.6. The molecule has 0 amide bonds. The van der Waals surface area contributed by atoms with Crippen LogP contribution in [0.25, 0.3) is 0 Å². The van der Waals surface area contributed by atoms with Crippen molar-refractivity contribution in [3.8, 4) is 0 Å². The zero-order valence-electron chi connectivity index (χ0n) is 16.3. The second-order valence-electron chi connectivity index (χ2n) is 7.06. The molecule has 4 unspecified atom stereocenters. The van der Waals surface area contributed by atoms with E-state index in [2.05, 4.69) is 0 Å². The molecule has 0 spiro atoms. The Labute approximate surface area is 183 Å². The molecule has 0 rings (SSSR count). The Balaban J connectivity index is 5.94. The van der Waals surface area contributed by atoms with E-state index in [9.17, 15) is 52.3 Å². The third-order valence-electron chi connectivity index (χ3n) is 4.63. The molecule has 0 aliphatic carbocycles. The first-order chi connectivity index (χ1) is 13.7. The van der Waals surface area contributed by atoms with Gasteiger partial charge in [-0.2, -0.15) is 43.9 Å². The number of hydrogen-bond donors (Lipinski definition) is 0. The average molecular weight is 539 g/mol. The van der Waals surface area contributed by atoms with Crippen LogP contribution in [0, 0.1) is 0 Å². The van der Waals surface area contributed by atoms with Crippen molar-refractivity contribution in [2.45, 2.75) is 97.8 Å². The van der Waals surface area contributed by atoms with Crippen molar-refractivity contribution < 1.29 is 52.3 Å². The third-order valence-corrected chi connectivity index (χ3v) is 8.25. The lowest BCUT2D eigenvalue weighted by molar-refractivity contribution is -0.282. The monoisotopic (exact) mass is 538 g/mol. The van der Waals surface area contributed by atoms with Crippen molar-refractivity contribution in [3.05, 3.63) is 0 Å². The van der Waals surface area contributed by atoms with Gasteiger partial charge in [-0.1, -0.05) is 26.7 Å². The van der Waals surface area contributed by atoms with E-state index in [1.165, 1.54) is 13.8 Å². The predicted octanol–water partition coefficient (Wildman–Crippen LogP) is 7.13. The van der Waals surface area contributed by atoms with Crippen molar-refractivity contribution in [1.29, 1.82) is 0 Å². The molecule has 0 saturated heterocycles. The van der Waals surface area contributed by atoms with Gasteiger partial charge in [0.2, 0.25) is 0 Å². The van der Waals surface area contributed by atoms with Crippen LogP contribution < -0.4 is 0 Å². The molecule has 0 aliphatic rings. The summed E-state index contributed by atoms with van der Waals surface area (Å²) >= 11 is 10.4. The third kappa shape index (κ3) is 7.41. The van der Waals surface area contributed by atoms with Crippen molar-refractivity contribution in [1.82, 2.24) is 0 Å². The molecule has 0 radical (unpaired) electrons. The van der Waals surface area contributed by atoms with Crippen LogP contribution in [0.2, 0.25) is 0 Å². The Bertz CT molecular complexity index is 614. The average Bonchev–Trinajstić information content (AvgIpc) is 2.58. The van der Waals surface area contributed by atoms with Gasteiger partial charge in [0.1, 0.15) is 10.8 Å². The molecule has 0 aromatic rings. The van der Waals surface area contributed by atoms with Crippen LogP contribution in [0.15, 0.2) is 0 Å². The van der Waals surface area contributed by atoms with Crippen LogP contribution in [0.3, 0.4) is 0 Å². The first kappa shape index (κ1) is 30.8. The van der Waals surface area contributed by atoms with E-state index < -0.39 is 81.0 Å². The maximum atomic E-state index is 13.5. The highest BCUT2D eigenvalue weighted by atomic mass is 35.5. The summed E-state index contributed by atoms with van der Waals surface area (Å²) in [6.45, 7) is 2.76. The van der Waals surface area contributed by atoms with Gasteiger partial charge < -0.3 is 0 Å². The van der Waals surface area contributed by atoms with Gasteiger partial charge in [0.25, 0.3) is 0 Å². The number of rotatable bonds is 12. The van der Waals surface area contributed by atoms with Crippen LogP contribution in [0.1, 0.15) is 52.4 Å². The minimum absolute atomic E-state index is 0.0209. The van der Waals surface area contributed by atoms with Crippen molar-refractivity contribution in [2.24, 2.45) is 0 Å². The molecule has 4 atom stereocenters. The van der Waals surface area contributed by atoms with Gasteiger partial charge in [-0.3, -0.25) is 0 Å². The molecular formula is C16H22Cl2F10O2S. The number of halogens is 12. The molecule has 0 heterocycles. The van der Waals surface area contributed by atoms with Gasteiger partial charge in [0.15, 0.2) is 9.84 Å². The van der Waals surface area contributed by atoms with Gasteiger partial charge in [-0.15, -0.1) is 23.2 Å². The summed E-state index contributed by atoms with van der Waals surface area (Å²) in [6, 6.07) is 0. The lowest BCUT2D eigenvalue weighted by Crippen LogP contribution is -2.48. The normalized spacial score (nSPS) is 18.5. The molecule has 0 fully saturated rings. The molecule has 0 N–H and O–H groups in total. The van der Waals surface area contributed by atoms with Crippen LogP contribution in [-0.4, -0.2) is 53.9 Å². The Morgan fingerprint density at radius 1 is 0.645 bits per heavy atom. The van der Waals surface area contributed by atoms with Gasteiger partial charge >= 0.3 is 24.2 Å². The fourth-order valence-corrected chi connectivity index (χ4v) is 6.34. The molecule has 0 aromatic carbocycles. The van der Waals surface area contributed by atoms with E-state index in [-0.39, 0.29) is 12.8 Å². The largest absolute Gasteiger partial charge is 0.454 e. The summed E-state index contributed by atoms with van der Waals surface area (Å²) in [7, 11) is -4.76. The smallest absolute Gasteiger partial charge is 0.228 e. The summed E-state index contributed by atoms with van der Waals surface area (Å²) in [5.41, 5.74) is 0. The molecule has 15 heteroatoms. The zero-order chi connectivity index (χ0) is 25.1. The van der Waals surface area contributed by atoms with Crippen molar-refractivity contribution in [3.63, 3.8) is 0 Å². The number of alkyl halides is 12. The fraction of sp³-hybridized carbons (Fsp3) is 1.00. The molecule has 188 valence electrons. The Morgan fingerprint density at radius 3 is 1.10 bits per heavy atom. The minimum atomic E-state index is -6.07. The highest BCUT2D eigenvalue weighted by molar-refractivity contribution is 7.92. The summed E-state index contributed by atoms with van der Waals surface area (Å²) < 4.78 is 155. The summed E-state index contributed by atoms with van der Waals surface area (Å²) in [5, 5.41) is -9.84. The molecule has 0 aromatic heterocycles. The van der Waals surface area contributed by atoms with Crippen molar-refractivity contribution >= 4 is 33.0 Å². The van der Waals surface area contributed by atoms with E-state index >= 15 is 0 Å². The number of sulfone groups is 1. The fourth-order valence-electron chi connectivity index (χ4n) is 2.86. The van der Waals surface area contributed by atoms with Crippen LogP contribution in [0.4, 0.5) is 43.9 Å². The van der Waals surface area contributed by atoms with Gasteiger partial charge in [0, 0.05) is 0 Å². The maximum Gasteiger partial charge on any atom is 0.454 e. The van der Waals surface area contributed by atoms with E-state index in [0.717, 1.165) is 0 Å². The molecular weight excluding hydrogens is 517 g/mol. The second-order valence-corrected chi connectivity index (χ2v) is 10.6. The highest BCUT2D eigenvalue weighted by Crippen LogP contribution is 2.45. The lowest BCUT2D eigenvalue weighted by Gasteiger charge is -2.31. The molecule has 0 aliphatic heterocycles. The van der Waals surface area contributed by atoms with Crippen LogP contribution >= 0.6 is 23.2 Å². The summed E-state index contributed by atoms with van der Waals surface area (Å²) in [6.07, 6.45) is -15.9. The van der Waals surface area contributed by atoms with E-state index in [1.807, 2.05) is 0 Å².